The van der Waals surface area contributed by atoms with Crippen LogP contribution in [0, 0.1) is 0 Å². The highest BCUT2D eigenvalue weighted by Crippen LogP contribution is 2.28. The van der Waals surface area contributed by atoms with Crippen molar-refractivity contribution < 1.29 is 19.4 Å². The number of aliphatic hydroxyl groups is 1. The van der Waals surface area contributed by atoms with Crippen molar-refractivity contribution in [2.45, 2.75) is 38.0 Å². The van der Waals surface area contributed by atoms with E-state index in [1.165, 1.54) is 0 Å². The van der Waals surface area contributed by atoms with E-state index in [1.807, 2.05) is 36.4 Å². The molecular weight excluding hydrogens is 358 g/mol. The van der Waals surface area contributed by atoms with E-state index in [0.29, 0.717) is 31.8 Å². The monoisotopic (exact) mass is 383 g/mol. The lowest BCUT2D eigenvalue weighted by molar-refractivity contribution is -0.116. The fraction of sp³-hybridized carbons (Fsp3) is 0.429. The first-order chi connectivity index (χ1) is 13.6. The Morgan fingerprint density at radius 2 is 2.18 bits per heavy atom. The van der Waals surface area contributed by atoms with E-state index in [2.05, 4.69) is 15.2 Å². The van der Waals surface area contributed by atoms with Crippen molar-refractivity contribution in [3.8, 4) is 11.6 Å². The number of aromatic nitrogens is 1. The van der Waals surface area contributed by atoms with Crippen molar-refractivity contribution in [2.75, 3.05) is 25.5 Å². The lowest BCUT2D eigenvalue weighted by Crippen LogP contribution is -2.48. The predicted molar refractivity (Wildman–Crippen MR) is 104 cm³/mol. The number of hydrogen-bond acceptors (Lipinski definition) is 6. The number of pyridine rings is 1. The summed E-state index contributed by atoms with van der Waals surface area (Å²) in [5, 5.41) is 13.5. The number of amides is 1. The molecule has 2 atom stereocenters. The minimum atomic E-state index is -0.574. The van der Waals surface area contributed by atoms with E-state index < -0.39 is 6.10 Å². The maximum absolute atomic E-state index is 11.5. The van der Waals surface area contributed by atoms with Gasteiger partial charge in [-0.1, -0.05) is 6.07 Å². The number of anilines is 1. The van der Waals surface area contributed by atoms with Crippen LogP contribution < -0.4 is 14.8 Å². The molecule has 0 bridgehead atoms. The minimum absolute atomic E-state index is 0.0505. The Morgan fingerprint density at radius 3 is 3.00 bits per heavy atom. The molecule has 148 valence electrons. The van der Waals surface area contributed by atoms with Crippen molar-refractivity contribution in [1.29, 1.82) is 0 Å². The van der Waals surface area contributed by atoms with Gasteiger partial charge in [0.25, 0.3) is 0 Å². The van der Waals surface area contributed by atoms with Crippen LogP contribution in [0.1, 0.15) is 24.1 Å². The fourth-order valence-electron chi connectivity index (χ4n) is 3.75. The average molecular weight is 383 g/mol. The zero-order valence-corrected chi connectivity index (χ0v) is 15.9. The highest BCUT2D eigenvalue weighted by Gasteiger charge is 2.29. The van der Waals surface area contributed by atoms with E-state index in [0.717, 1.165) is 35.7 Å². The molecule has 7 nitrogen and oxygen atoms in total. The van der Waals surface area contributed by atoms with Gasteiger partial charge in [-0.2, -0.15) is 0 Å². The Bertz CT molecular complexity index is 857. The molecule has 28 heavy (non-hydrogen) atoms. The number of hydrogen-bond donors (Lipinski definition) is 2. The Kier molecular flexibility index (Phi) is 5.45. The second-order valence-electron chi connectivity index (χ2n) is 7.29. The summed E-state index contributed by atoms with van der Waals surface area (Å²) < 4.78 is 11.2. The number of fused-ring (bicyclic) bond motifs is 1. The molecule has 0 aliphatic carbocycles. The van der Waals surface area contributed by atoms with Crippen LogP contribution in [0.5, 0.6) is 11.6 Å². The second-order valence-corrected chi connectivity index (χ2v) is 7.29. The van der Waals surface area contributed by atoms with Crippen molar-refractivity contribution >= 4 is 11.6 Å². The van der Waals surface area contributed by atoms with Gasteiger partial charge in [-0.05, 0) is 42.7 Å². The van der Waals surface area contributed by atoms with Crippen molar-refractivity contribution in [3.05, 3.63) is 47.7 Å². The number of carbonyl (C=O) groups excluding carboxylic acids is 1. The molecule has 1 aromatic heterocycles. The maximum atomic E-state index is 11.5. The number of piperidine rings is 1. The van der Waals surface area contributed by atoms with Crippen LogP contribution in [0.3, 0.4) is 0 Å². The van der Waals surface area contributed by atoms with Crippen LogP contribution in [-0.2, 0) is 17.8 Å². The number of aliphatic hydroxyl groups excluding tert-OH is 1. The third-order valence-corrected chi connectivity index (χ3v) is 5.24. The standard InChI is InChI=1S/C21H25N3O4/c1-27-21-4-2-3-15(22-21)12-24-10-9-19(18(25)13-24)28-16-6-7-17-14(11-16)5-8-20(26)23-17/h2-4,6-7,11,18-19,25H,5,8-10,12-13H2,1H3,(H,23,26)/t18-,19-/m1/s1. The summed E-state index contributed by atoms with van der Waals surface area (Å²) in [5.41, 5.74) is 2.85. The van der Waals surface area contributed by atoms with Crippen LogP contribution in [0.15, 0.2) is 36.4 Å². The third-order valence-electron chi connectivity index (χ3n) is 5.24. The SMILES string of the molecule is COc1cccc(CN2CC[C@@H](Oc3ccc4c(c3)CCC(=O)N4)[C@H](O)C2)n1. The van der Waals surface area contributed by atoms with Gasteiger partial charge in [0.05, 0.1) is 12.8 Å². The molecule has 2 aromatic rings. The van der Waals surface area contributed by atoms with E-state index >= 15 is 0 Å². The number of aryl methyl sites for hydroxylation is 1. The number of nitrogens with one attached hydrogen (secondary N) is 1. The summed E-state index contributed by atoms with van der Waals surface area (Å²) in [6.07, 6.45) is 1.13. The highest BCUT2D eigenvalue weighted by atomic mass is 16.5. The van der Waals surface area contributed by atoms with Gasteiger partial charge in [-0.25, -0.2) is 4.98 Å². The summed E-state index contributed by atoms with van der Waals surface area (Å²) in [6, 6.07) is 11.4. The van der Waals surface area contributed by atoms with Crippen molar-refractivity contribution in [1.82, 2.24) is 9.88 Å². The number of benzene rings is 1. The van der Waals surface area contributed by atoms with Gasteiger partial charge >= 0.3 is 0 Å². The number of likely N-dealkylation sites (tertiary alicyclic amines) is 1. The van der Waals surface area contributed by atoms with E-state index in [9.17, 15) is 9.90 Å². The van der Waals surface area contributed by atoms with Gasteiger partial charge in [0.2, 0.25) is 11.8 Å². The number of carbonyl (C=O) groups is 1. The van der Waals surface area contributed by atoms with Crippen LogP contribution >= 0.6 is 0 Å². The molecule has 1 saturated heterocycles. The van der Waals surface area contributed by atoms with Gasteiger partial charge in [-0.15, -0.1) is 0 Å². The molecule has 2 aliphatic heterocycles. The molecule has 0 spiro atoms. The Hall–Kier alpha value is -2.64. The second kappa shape index (κ2) is 8.16. The minimum Gasteiger partial charge on any atom is -0.488 e. The van der Waals surface area contributed by atoms with Gasteiger partial charge in [0, 0.05) is 37.8 Å². The van der Waals surface area contributed by atoms with Crippen LogP contribution in [0.2, 0.25) is 0 Å². The lowest BCUT2D eigenvalue weighted by atomic mass is 10.0. The smallest absolute Gasteiger partial charge is 0.224 e. The van der Waals surface area contributed by atoms with Gasteiger partial charge in [-0.3, -0.25) is 9.69 Å². The van der Waals surface area contributed by atoms with Crippen LogP contribution in [0.25, 0.3) is 0 Å². The molecule has 3 heterocycles. The quantitative estimate of drug-likeness (QED) is 0.822. The Labute approximate surface area is 164 Å². The van der Waals surface area contributed by atoms with Crippen LogP contribution in [0.4, 0.5) is 5.69 Å². The largest absolute Gasteiger partial charge is 0.488 e. The molecule has 1 aromatic carbocycles. The first-order valence-electron chi connectivity index (χ1n) is 9.60. The molecule has 0 radical (unpaired) electrons. The topological polar surface area (TPSA) is 83.9 Å². The lowest BCUT2D eigenvalue weighted by Gasteiger charge is -2.35. The molecule has 4 rings (SSSR count). The first-order valence-corrected chi connectivity index (χ1v) is 9.60. The number of methoxy groups -OCH3 is 1. The number of nitrogens with zero attached hydrogens (tertiary/aromatic N) is 2. The third kappa shape index (κ3) is 4.26. The molecule has 2 aliphatic rings. The van der Waals surface area contributed by atoms with Crippen molar-refractivity contribution in [2.24, 2.45) is 0 Å². The summed E-state index contributed by atoms with van der Waals surface area (Å²) in [4.78, 5) is 18.1. The van der Waals surface area contributed by atoms with E-state index in [1.54, 1.807) is 7.11 Å². The fourth-order valence-corrected chi connectivity index (χ4v) is 3.75. The van der Waals surface area contributed by atoms with Gasteiger partial charge < -0.3 is 19.9 Å². The summed E-state index contributed by atoms with van der Waals surface area (Å²) in [6.45, 7) is 2.02. The molecule has 1 amide bonds. The number of rotatable bonds is 5. The highest BCUT2D eigenvalue weighted by molar-refractivity contribution is 5.93. The van der Waals surface area contributed by atoms with E-state index in [-0.39, 0.29) is 12.0 Å². The summed E-state index contributed by atoms with van der Waals surface area (Å²) >= 11 is 0. The number of ether oxygens (including phenoxy) is 2. The normalized spacial score (nSPS) is 22.3. The zero-order valence-electron chi connectivity index (χ0n) is 15.9. The molecule has 7 heteroatoms. The maximum Gasteiger partial charge on any atom is 0.224 e. The summed E-state index contributed by atoms with van der Waals surface area (Å²) in [7, 11) is 1.60. The molecule has 0 saturated carbocycles. The Balaban J connectivity index is 1.35. The first kappa shape index (κ1) is 18.7. The molecule has 0 unspecified atom stereocenters. The van der Waals surface area contributed by atoms with Gasteiger partial charge in [0.15, 0.2) is 0 Å². The van der Waals surface area contributed by atoms with Gasteiger partial charge in [0.1, 0.15) is 18.0 Å². The molecule has 1 fully saturated rings. The van der Waals surface area contributed by atoms with Crippen LogP contribution in [-0.4, -0.2) is 53.3 Å². The predicted octanol–water partition coefficient (Wildman–Crippen LogP) is 1.99. The average Bonchev–Trinajstić information content (AvgIpc) is 2.70. The Morgan fingerprint density at radius 1 is 1.29 bits per heavy atom. The van der Waals surface area contributed by atoms with Crippen molar-refractivity contribution in [3.63, 3.8) is 0 Å². The van der Waals surface area contributed by atoms with E-state index in [4.69, 9.17) is 9.47 Å². The zero-order chi connectivity index (χ0) is 19.5. The summed E-state index contributed by atoms with van der Waals surface area (Å²) in [5.74, 6) is 1.39. The number of β-amino-alcohol motifs (C(OH)–C–C–N with tert-alkyl or cyclic N) is 1. The molecule has 2 N–H and O–H groups in total. The molecular formula is C21H25N3O4.